The molecular weight excluding hydrogens is 283 g/mol. The molecule has 19 heavy (non-hydrogen) atoms. The highest BCUT2D eigenvalue weighted by Gasteiger charge is 2.31. The van der Waals surface area contributed by atoms with E-state index in [-0.39, 0.29) is 29.7 Å². The van der Waals surface area contributed by atoms with Crippen LogP contribution >= 0.6 is 11.6 Å². The van der Waals surface area contributed by atoms with Gasteiger partial charge in [0, 0.05) is 11.2 Å². The molecule has 1 aliphatic rings. The molecule has 1 N–H and O–H groups in total. The van der Waals surface area contributed by atoms with Crippen LogP contribution in [0.4, 0.5) is 13.2 Å². The van der Waals surface area contributed by atoms with Crippen molar-refractivity contribution in [2.75, 3.05) is 0 Å². The lowest BCUT2D eigenvalue weighted by Gasteiger charge is -2.15. The number of hydrogen-bond acceptors (Lipinski definition) is 2. The molecule has 0 radical (unpaired) electrons. The highest BCUT2D eigenvalue weighted by atomic mass is 35.5. The van der Waals surface area contributed by atoms with Gasteiger partial charge in [-0.05, 0) is 17.7 Å². The number of aliphatic hydroxyl groups excluding tert-OH is 1. The Hall–Kier alpha value is -1.69. The normalized spacial score (nSPS) is 15.9. The van der Waals surface area contributed by atoms with E-state index >= 15 is 0 Å². The van der Waals surface area contributed by atoms with Crippen molar-refractivity contribution in [3.05, 3.63) is 46.3 Å². The molecule has 0 spiro atoms. The van der Waals surface area contributed by atoms with E-state index in [0.717, 1.165) is 12.1 Å². The molecule has 0 saturated heterocycles. The van der Waals surface area contributed by atoms with Crippen molar-refractivity contribution < 1.29 is 23.1 Å². The summed E-state index contributed by atoms with van der Waals surface area (Å²) in [6, 6.07) is 2.95. The zero-order valence-corrected chi connectivity index (χ0v) is 10.3. The zero-order valence-electron chi connectivity index (χ0n) is 9.54. The Kier molecular flexibility index (Phi) is 3.45. The maximum atomic E-state index is 12.5. The van der Waals surface area contributed by atoms with Crippen molar-refractivity contribution in [3.63, 3.8) is 0 Å². The molecule has 0 aliphatic carbocycles. The zero-order chi connectivity index (χ0) is 14.2. The molecule has 0 bridgehead atoms. The second-order valence-corrected chi connectivity index (χ2v) is 4.53. The number of halogens is 4. The minimum atomic E-state index is -4.45. The van der Waals surface area contributed by atoms with Gasteiger partial charge in [-0.15, -0.1) is 0 Å². The lowest BCUT2D eigenvalue weighted by molar-refractivity contribution is -0.137. The van der Waals surface area contributed by atoms with Crippen LogP contribution in [0.25, 0.3) is 0 Å². The first kappa shape index (κ1) is 13.7. The minimum Gasteiger partial charge on any atom is -0.510 e. The Morgan fingerprint density at radius 3 is 2.53 bits per heavy atom. The van der Waals surface area contributed by atoms with Crippen molar-refractivity contribution in [2.45, 2.75) is 19.1 Å². The van der Waals surface area contributed by atoms with E-state index in [1.807, 2.05) is 0 Å². The van der Waals surface area contributed by atoms with Crippen LogP contribution < -0.4 is 0 Å². The molecule has 7 heteroatoms. The van der Waals surface area contributed by atoms with Crippen molar-refractivity contribution >= 4 is 17.5 Å². The summed E-state index contributed by atoms with van der Waals surface area (Å²) in [5, 5.41) is 9.12. The average molecular weight is 292 g/mol. The number of hydrogen-bond donors (Lipinski definition) is 1. The van der Waals surface area contributed by atoms with Gasteiger partial charge in [0.1, 0.15) is 5.76 Å². The van der Waals surface area contributed by atoms with Crippen LogP contribution in [0.5, 0.6) is 0 Å². The van der Waals surface area contributed by atoms with Crippen LogP contribution in [0.1, 0.15) is 17.5 Å². The van der Waals surface area contributed by atoms with Gasteiger partial charge in [-0.25, -0.2) is 0 Å². The van der Waals surface area contributed by atoms with E-state index in [0.29, 0.717) is 5.56 Å². The fourth-order valence-electron chi connectivity index (χ4n) is 1.72. The average Bonchev–Trinajstić information content (AvgIpc) is 2.59. The van der Waals surface area contributed by atoms with E-state index in [1.54, 1.807) is 0 Å². The summed E-state index contributed by atoms with van der Waals surface area (Å²) in [5.41, 5.74) is -0.457. The summed E-state index contributed by atoms with van der Waals surface area (Å²) < 4.78 is 37.4. The SMILES string of the molecule is O=C1CC(O)=CN1Cc1ccc(C(F)(F)F)cc1Cl. The van der Waals surface area contributed by atoms with Crippen LogP contribution in [0, 0.1) is 0 Å². The van der Waals surface area contributed by atoms with Crippen molar-refractivity contribution in [1.82, 2.24) is 4.90 Å². The number of benzene rings is 1. The van der Waals surface area contributed by atoms with E-state index in [1.165, 1.54) is 17.2 Å². The minimum absolute atomic E-state index is 0.0276. The fraction of sp³-hybridized carbons (Fsp3) is 0.250. The van der Waals surface area contributed by atoms with Gasteiger partial charge in [0.05, 0.1) is 18.5 Å². The van der Waals surface area contributed by atoms with Crippen molar-refractivity contribution in [1.29, 1.82) is 0 Å². The van der Waals surface area contributed by atoms with E-state index < -0.39 is 11.7 Å². The summed E-state index contributed by atoms with van der Waals surface area (Å²) in [4.78, 5) is 12.6. The summed E-state index contributed by atoms with van der Waals surface area (Å²) in [6.07, 6.45) is -3.31. The number of aliphatic hydroxyl groups is 1. The Bertz CT molecular complexity index is 554. The molecule has 0 fully saturated rings. The summed E-state index contributed by atoms with van der Waals surface area (Å²) in [5.74, 6) is -0.401. The molecule has 1 aromatic rings. The molecule has 0 saturated carbocycles. The summed E-state index contributed by atoms with van der Waals surface area (Å²) >= 11 is 5.78. The topological polar surface area (TPSA) is 40.5 Å². The van der Waals surface area contributed by atoms with Crippen molar-refractivity contribution in [2.24, 2.45) is 0 Å². The van der Waals surface area contributed by atoms with Crippen LogP contribution in [0.15, 0.2) is 30.2 Å². The molecule has 2 rings (SSSR count). The maximum Gasteiger partial charge on any atom is 0.416 e. The highest BCUT2D eigenvalue weighted by Crippen LogP contribution is 2.32. The molecule has 0 aromatic heterocycles. The van der Waals surface area contributed by atoms with Crippen LogP contribution in [-0.4, -0.2) is 15.9 Å². The molecule has 1 aromatic carbocycles. The Morgan fingerprint density at radius 2 is 2.05 bits per heavy atom. The maximum absolute atomic E-state index is 12.5. The number of carbonyl (C=O) groups is 1. The number of carbonyl (C=O) groups excluding carboxylic acids is 1. The lowest BCUT2D eigenvalue weighted by atomic mass is 10.1. The third kappa shape index (κ3) is 3.01. The van der Waals surface area contributed by atoms with Crippen LogP contribution in [0.2, 0.25) is 5.02 Å². The first-order valence-corrected chi connectivity index (χ1v) is 5.70. The molecule has 3 nitrogen and oxygen atoms in total. The number of alkyl halides is 3. The van der Waals surface area contributed by atoms with E-state index in [2.05, 4.69) is 0 Å². The monoisotopic (exact) mass is 291 g/mol. The Morgan fingerprint density at radius 1 is 1.37 bits per heavy atom. The quantitative estimate of drug-likeness (QED) is 0.906. The third-order valence-electron chi connectivity index (χ3n) is 2.68. The lowest BCUT2D eigenvalue weighted by Crippen LogP contribution is -2.20. The predicted molar refractivity (Wildman–Crippen MR) is 62.3 cm³/mol. The number of amides is 1. The van der Waals surface area contributed by atoms with Gasteiger partial charge in [-0.1, -0.05) is 17.7 Å². The molecule has 0 atom stereocenters. The van der Waals surface area contributed by atoms with Gasteiger partial charge >= 0.3 is 6.18 Å². The molecule has 1 amide bonds. The first-order valence-electron chi connectivity index (χ1n) is 5.32. The molecule has 1 heterocycles. The molecule has 0 unspecified atom stereocenters. The van der Waals surface area contributed by atoms with Gasteiger partial charge in [-0.3, -0.25) is 4.79 Å². The summed E-state index contributed by atoms with van der Waals surface area (Å²) in [6.45, 7) is 0.0276. The third-order valence-corrected chi connectivity index (χ3v) is 3.03. The fourth-order valence-corrected chi connectivity index (χ4v) is 1.96. The predicted octanol–water partition coefficient (Wildman–Crippen LogP) is 3.49. The van der Waals surface area contributed by atoms with Crippen molar-refractivity contribution in [3.8, 4) is 0 Å². The molecule has 102 valence electrons. The van der Waals surface area contributed by atoms with E-state index in [9.17, 15) is 23.1 Å². The van der Waals surface area contributed by atoms with Crippen LogP contribution in [0.3, 0.4) is 0 Å². The number of rotatable bonds is 2. The van der Waals surface area contributed by atoms with Gasteiger partial charge in [0.2, 0.25) is 5.91 Å². The van der Waals surface area contributed by atoms with Gasteiger partial charge in [0.25, 0.3) is 0 Å². The smallest absolute Gasteiger partial charge is 0.416 e. The van der Waals surface area contributed by atoms with Gasteiger partial charge < -0.3 is 10.0 Å². The Labute approximate surface area is 111 Å². The second kappa shape index (κ2) is 4.77. The van der Waals surface area contributed by atoms with Gasteiger partial charge in [-0.2, -0.15) is 13.2 Å². The number of nitrogens with zero attached hydrogens (tertiary/aromatic N) is 1. The molecular formula is C12H9ClF3NO2. The second-order valence-electron chi connectivity index (χ2n) is 4.12. The Balaban J connectivity index is 2.21. The highest BCUT2D eigenvalue weighted by molar-refractivity contribution is 6.31. The van der Waals surface area contributed by atoms with E-state index in [4.69, 9.17) is 11.6 Å². The molecule has 1 aliphatic heterocycles. The van der Waals surface area contributed by atoms with Crippen LogP contribution in [-0.2, 0) is 17.5 Å². The largest absolute Gasteiger partial charge is 0.510 e. The standard InChI is InChI=1S/C12H9ClF3NO2/c13-10-3-8(12(14,15)16)2-1-7(10)5-17-6-9(18)4-11(17)19/h1-3,6,18H,4-5H2. The first-order chi connectivity index (χ1) is 8.77. The summed E-state index contributed by atoms with van der Waals surface area (Å²) in [7, 11) is 0. The van der Waals surface area contributed by atoms with Gasteiger partial charge in [0.15, 0.2) is 0 Å².